The Bertz CT molecular complexity index is 267. The lowest BCUT2D eigenvalue weighted by molar-refractivity contribution is 0.380. The van der Waals surface area contributed by atoms with E-state index in [2.05, 4.69) is 13.8 Å². The van der Waals surface area contributed by atoms with E-state index in [1.54, 1.807) is 0 Å². The summed E-state index contributed by atoms with van der Waals surface area (Å²) in [6, 6.07) is 4.02. The number of furan rings is 1. The van der Waals surface area contributed by atoms with E-state index in [0.29, 0.717) is 5.92 Å². The van der Waals surface area contributed by atoms with E-state index in [1.807, 2.05) is 19.1 Å². The molecular weight excluding hydrogens is 174 g/mol. The Balaban J connectivity index is 2.45. The number of hydrogen-bond acceptors (Lipinski definition) is 2. The van der Waals surface area contributed by atoms with Crippen molar-refractivity contribution < 1.29 is 4.42 Å². The van der Waals surface area contributed by atoms with Crippen LogP contribution in [0.1, 0.15) is 50.7 Å². The highest BCUT2D eigenvalue weighted by molar-refractivity contribution is 5.09. The Labute approximate surface area is 86.5 Å². The lowest BCUT2D eigenvalue weighted by Gasteiger charge is -2.14. The van der Waals surface area contributed by atoms with Gasteiger partial charge >= 0.3 is 0 Å². The fourth-order valence-corrected chi connectivity index (χ4v) is 1.81. The molecule has 14 heavy (non-hydrogen) atoms. The molecule has 0 aliphatic heterocycles. The van der Waals surface area contributed by atoms with Gasteiger partial charge in [-0.15, -0.1) is 0 Å². The van der Waals surface area contributed by atoms with Gasteiger partial charge in [-0.1, -0.05) is 26.7 Å². The van der Waals surface area contributed by atoms with E-state index in [4.69, 9.17) is 10.2 Å². The van der Waals surface area contributed by atoms with E-state index in [-0.39, 0.29) is 6.04 Å². The molecule has 2 nitrogen and oxygen atoms in total. The second-order valence-corrected chi connectivity index (χ2v) is 4.18. The van der Waals surface area contributed by atoms with Gasteiger partial charge in [0.15, 0.2) is 0 Å². The summed E-state index contributed by atoms with van der Waals surface area (Å²) < 4.78 is 5.50. The second kappa shape index (κ2) is 5.20. The van der Waals surface area contributed by atoms with Crippen molar-refractivity contribution in [3.63, 3.8) is 0 Å². The van der Waals surface area contributed by atoms with Gasteiger partial charge in [0.2, 0.25) is 0 Å². The molecule has 0 saturated heterocycles. The molecule has 1 aromatic heterocycles. The maximum Gasteiger partial charge on any atom is 0.120 e. The van der Waals surface area contributed by atoms with Crippen LogP contribution in [0.2, 0.25) is 0 Å². The normalized spacial score (nSPS) is 15.4. The molecule has 1 aromatic rings. The largest absolute Gasteiger partial charge is 0.465 e. The predicted octanol–water partition coefficient (Wildman–Crippen LogP) is 3.41. The van der Waals surface area contributed by atoms with Crippen LogP contribution in [-0.2, 0) is 0 Å². The summed E-state index contributed by atoms with van der Waals surface area (Å²) in [6.07, 6.45) is 3.49. The van der Waals surface area contributed by atoms with Crippen LogP contribution in [0.3, 0.4) is 0 Å². The molecule has 0 spiro atoms. The van der Waals surface area contributed by atoms with Gasteiger partial charge < -0.3 is 10.2 Å². The minimum absolute atomic E-state index is 0.0604. The Morgan fingerprint density at radius 3 is 2.64 bits per heavy atom. The van der Waals surface area contributed by atoms with Crippen molar-refractivity contribution in [3.8, 4) is 0 Å². The highest BCUT2D eigenvalue weighted by Crippen LogP contribution is 2.23. The lowest BCUT2D eigenvalue weighted by atomic mass is 9.97. The van der Waals surface area contributed by atoms with E-state index in [9.17, 15) is 0 Å². The number of hydrogen-bond donors (Lipinski definition) is 1. The molecule has 2 unspecified atom stereocenters. The van der Waals surface area contributed by atoms with E-state index < -0.39 is 0 Å². The first-order valence-corrected chi connectivity index (χ1v) is 5.45. The van der Waals surface area contributed by atoms with Gasteiger partial charge in [0, 0.05) is 0 Å². The zero-order valence-electron chi connectivity index (χ0n) is 9.42. The topological polar surface area (TPSA) is 39.2 Å². The van der Waals surface area contributed by atoms with Gasteiger partial charge in [-0.25, -0.2) is 0 Å². The standard InChI is InChI=1S/C12H21NO/c1-4-5-9(2)8-11(13)12-7-6-10(3)14-12/h6-7,9,11H,4-5,8,13H2,1-3H3. The van der Waals surface area contributed by atoms with Gasteiger partial charge in [0.05, 0.1) is 6.04 Å². The van der Waals surface area contributed by atoms with E-state index in [1.165, 1.54) is 12.8 Å². The smallest absolute Gasteiger partial charge is 0.120 e. The van der Waals surface area contributed by atoms with Gasteiger partial charge in [-0.3, -0.25) is 0 Å². The highest BCUT2D eigenvalue weighted by Gasteiger charge is 2.13. The minimum atomic E-state index is 0.0604. The molecule has 2 N–H and O–H groups in total. The Morgan fingerprint density at radius 1 is 1.43 bits per heavy atom. The van der Waals surface area contributed by atoms with Crippen molar-refractivity contribution in [2.45, 2.75) is 46.1 Å². The first-order chi connectivity index (χ1) is 6.63. The van der Waals surface area contributed by atoms with Gasteiger partial charge in [0.25, 0.3) is 0 Å². The number of aryl methyl sites for hydroxylation is 1. The predicted molar refractivity (Wildman–Crippen MR) is 59.1 cm³/mol. The van der Waals surface area contributed by atoms with Crippen LogP contribution < -0.4 is 5.73 Å². The van der Waals surface area contributed by atoms with Crippen LogP contribution in [0.4, 0.5) is 0 Å². The van der Waals surface area contributed by atoms with Crippen LogP contribution in [-0.4, -0.2) is 0 Å². The maximum absolute atomic E-state index is 6.05. The van der Waals surface area contributed by atoms with Crippen molar-refractivity contribution >= 4 is 0 Å². The fourth-order valence-electron chi connectivity index (χ4n) is 1.81. The molecule has 1 rings (SSSR count). The molecule has 2 atom stereocenters. The third-order valence-electron chi connectivity index (χ3n) is 2.56. The molecule has 0 aromatic carbocycles. The van der Waals surface area contributed by atoms with E-state index >= 15 is 0 Å². The van der Waals surface area contributed by atoms with Gasteiger partial charge in [0.1, 0.15) is 11.5 Å². The molecule has 2 heteroatoms. The second-order valence-electron chi connectivity index (χ2n) is 4.18. The first kappa shape index (κ1) is 11.3. The quantitative estimate of drug-likeness (QED) is 0.782. The van der Waals surface area contributed by atoms with Crippen LogP contribution in [0, 0.1) is 12.8 Å². The van der Waals surface area contributed by atoms with Crippen LogP contribution >= 0.6 is 0 Å². The molecule has 0 radical (unpaired) electrons. The molecule has 80 valence electrons. The van der Waals surface area contributed by atoms with Crippen molar-refractivity contribution in [3.05, 3.63) is 23.7 Å². The SMILES string of the molecule is CCCC(C)CC(N)c1ccc(C)o1. The lowest BCUT2D eigenvalue weighted by Crippen LogP contribution is -2.13. The minimum Gasteiger partial charge on any atom is -0.465 e. The van der Waals surface area contributed by atoms with Crippen LogP contribution in [0.5, 0.6) is 0 Å². The first-order valence-electron chi connectivity index (χ1n) is 5.45. The summed E-state index contributed by atoms with van der Waals surface area (Å²) in [6.45, 7) is 6.41. The maximum atomic E-state index is 6.05. The molecule has 0 fully saturated rings. The van der Waals surface area contributed by atoms with Crippen LogP contribution in [0.15, 0.2) is 16.5 Å². The molecule has 0 bridgehead atoms. The number of rotatable bonds is 5. The van der Waals surface area contributed by atoms with E-state index in [0.717, 1.165) is 17.9 Å². The summed E-state index contributed by atoms with van der Waals surface area (Å²) in [4.78, 5) is 0. The summed E-state index contributed by atoms with van der Waals surface area (Å²) in [5, 5.41) is 0. The van der Waals surface area contributed by atoms with Crippen molar-refractivity contribution in [1.29, 1.82) is 0 Å². The average Bonchev–Trinajstić information content (AvgIpc) is 2.52. The molecule has 0 aliphatic carbocycles. The fraction of sp³-hybridized carbons (Fsp3) is 0.667. The third kappa shape index (κ3) is 3.18. The van der Waals surface area contributed by atoms with Crippen molar-refractivity contribution in [2.24, 2.45) is 11.7 Å². The zero-order chi connectivity index (χ0) is 10.6. The molecule has 0 saturated carbocycles. The van der Waals surface area contributed by atoms with Gasteiger partial charge in [-0.05, 0) is 31.4 Å². The number of nitrogens with two attached hydrogens (primary N) is 1. The average molecular weight is 195 g/mol. The molecule has 0 amide bonds. The monoisotopic (exact) mass is 195 g/mol. The molecular formula is C12H21NO. The Morgan fingerprint density at radius 2 is 2.14 bits per heavy atom. The summed E-state index contributed by atoms with van der Waals surface area (Å²) in [5.41, 5.74) is 6.05. The van der Waals surface area contributed by atoms with Gasteiger partial charge in [-0.2, -0.15) is 0 Å². The van der Waals surface area contributed by atoms with Crippen molar-refractivity contribution in [1.82, 2.24) is 0 Å². The highest BCUT2D eigenvalue weighted by atomic mass is 16.3. The third-order valence-corrected chi connectivity index (χ3v) is 2.56. The summed E-state index contributed by atoms with van der Waals surface area (Å²) in [5.74, 6) is 2.55. The summed E-state index contributed by atoms with van der Waals surface area (Å²) >= 11 is 0. The Kier molecular flexibility index (Phi) is 4.21. The zero-order valence-corrected chi connectivity index (χ0v) is 9.42. The summed E-state index contributed by atoms with van der Waals surface area (Å²) in [7, 11) is 0. The molecule has 1 heterocycles. The van der Waals surface area contributed by atoms with Crippen molar-refractivity contribution in [2.75, 3.05) is 0 Å². The Hall–Kier alpha value is -0.760. The molecule has 0 aliphatic rings. The van der Waals surface area contributed by atoms with Crippen LogP contribution in [0.25, 0.3) is 0 Å².